The van der Waals surface area contributed by atoms with Gasteiger partial charge in [-0.15, -0.1) is 0 Å². The van der Waals surface area contributed by atoms with Gasteiger partial charge in [-0.1, -0.05) is 0 Å². The van der Waals surface area contributed by atoms with Crippen LogP contribution in [0, 0.1) is 0 Å². The van der Waals surface area contributed by atoms with Crippen molar-refractivity contribution in [2.75, 3.05) is 12.4 Å². The van der Waals surface area contributed by atoms with E-state index in [1.807, 2.05) is 0 Å². The molecule has 0 aliphatic carbocycles. The van der Waals surface area contributed by atoms with Crippen LogP contribution in [-0.4, -0.2) is 32.9 Å². The maximum absolute atomic E-state index is 12.1. The Morgan fingerprint density at radius 3 is 2.14 bits per heavy atom. The molecule has 0 unspecified atom stereocenters. The Bertz CT molecular complexity index is 645. The van der Waals surface area contributed by atoms with Gasteiger partial charge >= 0.3 is 5.97 Å². The van der Waals surface area contributed by atoms with E-state index in [0.29, 0.717) is 5.69 Å². The summed E-state index contributed by atoms with van der Waals surface area (Å²) in [6, 6.07) is 5.66. The summed E-state index contributed by atoms with van der Waals surface area (Å²) in [5.74, 6) is -1.18. The monoisotopic (exact) mass is 328 g/mol. The second-order valence-electron chi connectivity index (χ2n) is 5.68. The highest BCUT2D eigenvalue weighted by Gasteiger charge is 2.21. The van der Waals surface area contributed by atoms with Crippen LogP contribution in [0.2, 0.25) is 0 Å². The Labute approximate surface area is 130 Å². The standard InChI is InChI=1S/C14H20N2O5S/c1-14(2,3)16-22(19,20)11-7-5-10(6-8-11)15-12(17)9-13(18)21-4/h5-8,16H,9H2,1-4H3,(H,15,17). The van der Waals surface area contributed by atoms with Gasteiger partial charge in [-0.3, -0.25) is 9.59 Å². The fourth-order valence-electron chi connectivity index (χ4n) is 1.59. The number of carbonyl (C=O) groups excluding carboxylic acids is 2. The van der Waals surface area contributed by atoms with E-state index in [4.69, 9.17) is 0 Å². The van der Waals surface area contributed by atoms with Crippen LogP contribution in [-0.2, 0) is 24.3 Å². The van der Waals surface area contributed by atoms with Gasteiger partial charge < -0.3 is 10.1 Å². The lowest BCUT2D eigenvalue weighted by Crippen LogP contribution is -2.40. The van der Waals surface area contributed by atoms with E-state index in [0.717, 1.165) is 0 Å². The number of nitrogens with one attached hydrogen (secondary N) is 2. The topological polar surface area (TPSA) is 102 Å². The Morgan fingerprint density at radius 1 is 1.14 bits per heavy atom. The SMILES string of the molecule is COC(=O)CC(=O)Nc1ccc(S(=O)(=O)NC(C)(C)C)cc1. The number of rotatable bonds is 5. The van der Waals surface area contributed by atoms with Crippen LogP contribution in [0.5, 0.6) is 0 Å². The van der Waals surface area contributed by atoms with Gasteiger partial charge in [0.15, 0.2) is 0 Å². The van der Waals surface area contributed by atoms with Gasteiger partial charge in [-0.05, 0) is 45.0 Å². The van der Waals surface area contributed by atoms with E-state index in [1.54, 1.807) is 20.8 Å². The number of esters is 1. The first-order chi connectivity index (χ1) is 10.0. The minimum Gasteiger partial charge on any atom is -0.469 e. The van der Waals surface area contributed by atoms with Crippen molar-refractivity contribution in [3.63, 3.8) is 0 Å². The molecule has 1 amide bonds. The van der Waals surface area contributed by atoms with E-state index in [1.165, 1.54) is 31.4 Å². The highest BCUT2D eigenvalue weighted by molar-refractivity contribution is 7.89. The van der Waals surface area contributed by atoms with Crippen LogP contribution >= 0.6 is 0 Å². The fraction of sp³-hybridized carbons (Fsp3) is 0.429. The van der Waals surface area contributed by atoms with Gasteiger partial charge in [-0.2, -0.15) is 0 Å². The summed E-state index contributed by atoms with van der Waals surface area (Å²) in [7, 11) is -2.43. The zero-order valence-electron chi connectivity index (χ0n) is 13.0. The predicted octanol–water partition coefficient (Wildman–Crippen LogP) is 1.26. The van der Waals surface area contributed by atoms with Crippen molar-refractivity contribution in [2.24, 2.45) is 0 Å². The largest absolute Gasteiger partial charge is 0.469 e. The molecule has 1 rings (SSSR count). The molecule has 2 N–H and O–H groups in total. The van der Waals surface area contributed by atoms with Crippen molar-refractivity contribution in [3.8, 4) is 0 Å². The second kappa shape index (κ2) is 6.89. The molecule has 7 nitrogen and oxygen atoms in total. The van der Waals surface area contributed by atoms with Gasteiger partial charge in [0.2, 0.25) is 15.9 Å². The number of carbonyl (C=O) groups is 2. The molecule has 122 valence electrons. The molecule has 0 aromatic heterocycles. The first-order valence-electron chi connectivity index (χ1n) is 6.54. The van der Waals surface area contributed by atoms with Crippen molar-refractivity contribution in [1.29, 1.82) is 0 Å². The third-order valence-electron chi connectivity index (χ3n) is 2.42. The van der Waals surface area contributed by atoms with Gasteiger partial charge in [0.05, 0.1) is 12.0 Å². The molecular weight excluding hydrogens is 308 g/mol. The first-order valence-corrected chi connectivity index (χ1v) is 8.02. The van der Waals surface area contributed by atoms with Crippen LogP contribution in [0.15, 0.2) is 29.2 Å². The molecule has 8 heteroatoms. The molecule has 1 aromatic carbocycles. The van der Waals surface area contributed by atoms with Crippen LogP contribution in [0.1, 0.15) is 27.2 Å². The van der Waals surface area contributed by atoms with Gasteiger partial charge in [0.1, 0.15) is 6.42 Å². The highest BCUT2D eigenvalue weighted by atomic mass is 32.2. The van der Waals surface area contributed by atoms with Gasteiger partial charge in [0.25, 0.3) is 0 Å². The number of sulfonamides is 1. The van der Waals surface area contributed by atoms with E-state index in [9.17, 15) is 18.0 Å². The molecule has 0 heterocycles. The summed E-state index contributed by atoms with van der Waals surface area (Å²) in [6.07, 6.45) is -0.401. The third kappa shape index (κ3) is 5.82. The van der Waals surface area contributed by atoms with E-state index in [2.05, 4.69) is 14.8 Å². The van der Waals surface area contributed by atoms with Crippen LogP contribution in [0.4, 0.5) is 5.69 Å². The minimum absolute atomic E-state index is 0.0911. The molecule has 0 radical (unpaired) electrons. The van der Waals surface area contributed by atoms with Crippen molar-refractivity contribution in [3.05, 3.63) is 24.3 Å². The Kier molecular flexibility index (Phi) is 5.67. The predicted molar refractivity (Wildman–Crippen MR) is 81.8 cm³/mol. The maximum Gasteiger partial charge on any atom is 0.315 e. The Balaban J connectivity index is 2.79. The summed E-state index contributed by atoms with van der Waals surface area (Å²) in [4.78, 5) is 22.6. The lowest BCUT2D eigenvalue weighted by Gasteiger charge is -2.20. The molecule has 22 heavy (non-hydrogen) atoms. The molecule has 0 aliphatic rings. The zero-order valence-corrected chi connectivity index (χ0v) is 13.8. The Morgan fingerprint density at radius 2 is 1.68 bits per heavy atom. The minimum atomic E-state index is -3.62. The van der Waals surface area contributed by atoms with Gasteiger partial charge in [0, 0.05) is 11.2 Å². The third-order valence-corrected chi connectivity index (χ3v) is 4.20. The molecule has 0 spiro atoms. The van der Waals surface area contributed by atoms with Crippen molar-refractivity contribution in [2.45, 2.75) is 37.6 Å². The molecular formula is C14H20N2O5S. The summed E-state index contributed by atoms with van der Waals surface area (Å²) >= 11 is 0. The second-order valence-corrected chi connectivity index (χ2v) is 7.36. The highest BCUT2D eigenvalue weighted by Crippen LogP contribution is 2.16. The summed E-state index contributed by atoms with van der Waals surface area (Å²) in [5.41, 5.74) is -0.199. The number of hydrogen-bond donors (Lipinski definition) is 2. The lowest BCUT2D eigenvalue weighted by atomic mass is 10.1. The van der Waals surface area contributed by atoms with Gasteiger partial charge in [-0.25, -0.2) is 13.1 Å². The van der Waals surface area contributed by atoms with Crippen LogP contribution in [0.25, 0.3) is 0 Å². The van der Waals surface area contributed by atoms with Crippen molar-refractivity contribution in [1.82, 2.24) is 4.72 Å². The van der Waals surface area contributed by atoms with Crippen molar-refractivity contribution >= 4 is 27.6 Å². The molecule has 0 atom stereocenters. The van der Waals surface area contributed by atoms with Crippen LogP contribution < -0.4 is 10.0 Å². The fourth-order valence-corrected chi connectivity index (χ4v) is 3.01. The van der Waals surface area contributed by atoms with Crippen molar-refractivity contribution < 1.29 is 22.7 Å². The molecule has 0 aliphatic heterocycles. The molecule has 0 bridgehead atoms. The van der Waals surface area contributed by atoms with E-state index < -0.39 is 33.9 Å². The number of methoxy groups -OCH3 is 1. The molecule has 0 saturated heterocycles. The number of anilines is 1. The Hall–Kier alpha value is -1.93. The number of hydrogen-bond acceptors (Lipinski definition) is 5. The molecule has 1 aromatic rings. The number of amides is 1. The summed E-state index contributed by atoms with van der Waals surface area (Å²) < 4.78 is 31.1. The smallest absolute Gasteiger partial charge is 0.315 e. The lowest BCUT2D eigenvalue weighted by molar-refractivity contribution is -0.142. The quantitative estimate of drug-likeness (QED) is 0.626. The zero-order chi connectivity index (χ0) is 17.0. The average molecular weight is 328 g/mol. The number of benzene rings is 1. The summed E-state index contributed by atoms with van der Waals surface area (Å²) in [5, 5.41) is 2.48. The average Bonchev–Trinajstić information content (AvgIpc) is 2.36. The molecule has 0 fully saturated rings. The first kappa shape index (κ1) is 18.1. The maximum atomic E-state index is 12.1. The van der Waals surface area contributed by atoms with E-state index >= 15 is 0 Å². The normalized spacial score (nSPS) is 11.8. The number of ether oxygens (including phenoxy) is 1. The van der Waals surface area contributed by atoms with E-state index in [-0.39, 0.29) is 4.90 Å². The molecule has 0 saturated carbocycles. The van der Waals surface area contributed by atoms with Crippen LogP contribution in [0.3, 0.4) is 0 Å². The summed E-state index contributed by atoms with van der Waals surface area (Å²) in [6.45, 7) is 5.23.